The summed E-state index contributed by atoms with van der Waals surface area (Å²) >= 11 is 0. The van der Waals surface area contributed by atoms with Crippen LogP contribution in [0.25, 0.3) is 0 Å². The lowest BCUT2D eigenvalue weighted by atomic mass is 9.80. The van der Waals surface area contributed by atoms with E-state index in [2.05, 4.69) is 6.92 Å². The molecule has 0 aromatic rings. The van der Waals surface area contributed by atoms with Crippen molar-refractivity contribution in [1.29, 1.82) is 0 Å². The Morgan fingerprint density at radius 3 is 2.35 bits per heavy atom. The minimum Gasteiger partial charge on any atom is -0.300 e. The lowest BCUT2D eigenvalue weighted by Crippen LogP contribution is -2.35. The molecule has 20 heavy (non-hydrogen) atoms. The summed E-state index contributed by atoms with van der Waals surface area (Å²) in [5.41, 5.74) is -0.202. The molecule has 0 radical (unpaired) electrons. The summed E-state index contributed by atoms with van der Waals surface area (Å²) in [6.07, 6.45) is 4.20. The number of Topliss-reactive ketones (excluding diaryl/α,β-unsaturated/α-hetero) is 1. The molecule has 4 heteroatoms. The molecule has 0 saturated carbocycles. The van der Waals surface area contributed by atoms with Gasteiger partial charge in [0.25, 0.3) is 0 Å². The molecule has 0 spiro atoms. The number of ketones is 1. The molecule has 1 fully saturated rings. The van der Waals surface area contributed by atoms with E-state index in [1.165, 1.54) is 4.90 Å². The van der Waals surface area contributed by atoms with Crippen LogP contribution in [-0.2, 0) is 14.4 Å². The van der Waals surface area contributed by atoms with Gasteiger partial charge in [0.15, 0.2) is 0 Å². The first-order valence-corrected chi connectivity index (χ1v) is 7.63. The predicted octanol–water partition coefficient (Wildman–Crippen LogP) is 2.95. The van der Waals surface area contributed by atoms with Crippen LogP contribution in [0.5, 0.6) is 0 Å². The number of unbranched alkanes of at least 4 members (excludes halogenated alkanes) is 2. The van der Waals surface area contributed by atoms with Gasteiger partial charge in [-0.3, -0.25) is 19.3 Å². The molecule has 114 valence electrons. The van der Waals surface area contributed by atoms with Gasteiger partial charge in [-0.25, -0.2) is 0 Å². The monoisotopic (exact) mass is 281 g/mol. The number of imide groups is 1. The van der Waals surface area contributed by atoms with Crippen molar-refractivity contribution in [2.75, 3.05) is 6.54 Å². The zero-order valence-corrected chi connectivity index (χ0v) is 13.2. The second-order valence-corrected chi connectivity index (χ2v) is 6.75. The molecule has 1 aliphatic rings. The lowest BCUT2D eigenvalue weighted by molar-refractivity contribution is -0.140. The van der Waals surface area contributed by atoms with Gasteiger partial charge in [-0.1, -0.05) is 40.5 Å². The summed E-state index contributed by atoms with van der Waals surface area (Å²) in [5.74, 6) is -0.330. The molecule has 1 aliphatic heterocycles. The van der Waals surface area contributed by atoms with Crippen LogP contribution in [0.1, 0.15) is 66.2 Å². The Morgan fingerprint density at radius 1 is 1.20 bits per heavy atom. The average molecular weight is 281 g/mol. The van der Waals surface area contributed by atoms with Gasteiger partial charge >= 0.3 is 0 Å². The fourth-order valence-electron chi connectivity index (χ4n) is 2.53. The minimum absolute atomic E-state index is 0.108. The summed E-state index contributed by atoms with van der Waals surface area (Å²) in [4.78, 5) is 37.1. The van der Waals surface area contributed by atoms with Gasteiger partial charge in [0, 0.05) is 25.8 Å². The number of hydrogen-bond acceptors (Lipinski definition) is 3. The Kier molecular flexibility index (Phi) is 5.90. The Hall–Kier alpha value is -1.19. The number of amides is 2. The van der Waals surface area contributed by atoms with Gasteiger partial charge in [-0.05, 0) is 11.8 Å². The molecular formula is C16H27NO3. The Bertz CT molecular complexity index is 382. The van der Waals surface area contributed by atoms with Crippen molar-refractivity contribution in [1.82, 2.24) is 4.90 Å². The molecule has 1 heterocycles. The van der Waals surface area contributed by atoms with E-state index in [0.29, 0.717) is 12.8 Å². The van der Waals surface area contributed by atoms with Gasteiger partial charge in [0.2, 0.25) is 11.8 Å². The molecule has 1 atom stereocenters. The van der Waals surface area contributed by atoms with Crippen molar-refractivity contribution in [2.45, 2.75) is 66.2 Å². The lowest BCUT2D eigenvalue weighted by Gasteiger charge is -2.24. The summed E-state index contributed by atoms with van der Waals surface area (Å²) < 4.78 is 0. The van der Waals surface area contributed by atoms with Crippen molar-refractivity contribution in [3.05, 3.63) is 0 Å². The maximum Gasteiger partial charge on any atom is 0.233 e. The van der Waals surface area contributed by atoms with Crippen molar-refractivity contribution in [3.63, 3.8) is 0 Å². The van der Waals surface area contributed by atoms with Crippen LogP contribution in [0.4, 0.5) is 0 Å². The number of carbonyl (C=O) groups is 3. The number of carbonyl (C=O) groups excluding carboxylic acids is 3. The van der Waals surface area contributed by atoms with Crippen molar-refractivity contribution < 1.29 is 14.4 Å². The standard InChI is InChI=1S/C16H27NO3/c1-5-6-7-8-12(18)9-10-17-14(19)11-13(15(17)20)16(2,3)4/h13H,5-11H2,1-4H3. The molecule has 0 aromatic heterocycles. The van der Waals surface area contributed by atoms with E-state index in [9.17, 15) is 14.4 Å². The smallest absolute Gasteiger partial charge is 0.233 e. The van der Waals surface area contributed by atoms with Gasteiger partial charge in [-0.2, -0.15) is 0 Å². The number of rotatable bonds is 7. The quantitative estimate of drug-likeness (QED) is 0.532. The van der Waals surface area contributed by atoms with Crippen LogP contribution in [0, 0.1) is 11.3 Å². The van der Waals surface area contributed by atoms with Gasteiger partial charge in [0.05, 0.1) is 5.92 Å². The summed E-state index contributed by atoms with van der Waals surface area (Å²) in [7, 11) is 0. The van der Waals surface area contributed by atoms with Crippen molar-refractivity contribution >= 4 is 17.6 Å². The molecule has 0 N–H and O–H groups in total. The van der Waals surface area contributed by atoms with Crippen molar-refractivity contribution in [3.8, 4) is 0 Å². The molecule has 0 bridgehead atoms. The largest absolute Gasteiger partial charge is 0.300 e. The average Bonchev–Trinajstić information content (AvgIpc) is 2.63. The first-order valence-electron chi connectivity index (χ1n) is 7.63. The fourth-order valence-corrected chi connectivity index (χ4v) is 2.53. The first kappa shape index (κ1) is 16.9. The second-order valence-electron chi connectivity index (χ2n) is 6.75. The molecule has 1 unspecified atom stereocenters. The van der Waals surface area contributed by atoms with Crippen LogP contribution in [0.15, 0.2) is 0 Å². The Labute approximate surface area is 121 Å². The number of nitrogens with zero attached hydrogens (tertiary/aromatic N) is 1. The van der Waals surface area contributed by atoms with E-state index in [1.54, 1.807) is 0 Å². The summed E-state index contributed by atoms with van der Waals surface area (Å²) in [6, 6.07) is 0. The van der Waals surface area contributed by atoms with E-state index in [1.807, 2.05) is 20.8 Å². The summed E-state index contributed by atoms with van der Waals surface area (Å²) in [5, 5.41) is 0. The Balaban J connectivity index is 2.46. The topological polar surface area (TPSA) is 54.5 Å². The van der Waals surface area contributed by atoms with E-state index in [0.717, 1.165) is 19.3 Å². The number of hydrogen-bond donors (Lipinski definition) is 0. The molecule has 1 rings (SSSR count). The third kappa shape index (κ3) is 4.43. The van der Waals surface area contributed by atoms with Gasteiger partial charge < -0.3 is 0 Å². The Morgan fingerprint density at radius 2 is 1.85 bits per heavy atom. The van der Waals surface area contributed by atoms with Gasteiger partial charge in [-0.15, -0.1) is 0 Å². The highest BCUT2D eigenvalue weighted by atomic mass is 16.2. The molecule has 2 amide bonds. The fraction of sp³-hybridized carbons (Fsp3) is 0.812. The third-order valence-corrected chi connectivity index (χ3v) is 3.96. The first-order chi connectivity index (χ1) is 9.27. The molecule has 1 saturated heterocycles. The maximum atomic E-state index is 12.2. The van der Waals surface area contributed by atoms with Crippen LogP contribution in [-0.4, -0.2) is 29.0 Å². The van der Waals surface area contributed by atoms with E-state index >= 15 is 0 Å². The van der Waals surface area contributed by atoms with Gasteiger partial charge in [0.1, 0.15) is 5.78 Å². The SMILES string of the molecule is CCCCCC(=O)CCN1C(=O)CC(C(C)(C)C)C1=O. The highest BCUT2D eigenvalue weighted by molar-refractivity contribution is 6.04. The zero-order chi connectivity index (χ0) is 15.3. The maximum absolute atomic E-state index is 12.2. The molecule has 0 aliphatic carbocycles. The normalized spacial score (nSPS) is 19.8. The second kappa shape index (κ2) is 7.00. The van der Waals surface area contributed by atoms with E-state index < -0.39 is 0 Å². The third-order valence-electron chi connectivity index (χ3n) is 3.96. The van der Waals surface area contributed by atoms with Crippen LogP contribution in [0.3, 0.4) is 0 Å². The molecule has 4 nitrogen and oxygen atoms in total. The predicted molar refractivity (Wildman–Crippen MR) is 78.0 cm³/mol. The zero-order valence-electron chi connectivity index (χ0n) is 13.2. The highest BCUT2D eigenvalue weighted by Crippen LogP contribution is 2.35. The van der Waals surface area contributed by atoms with Crippen LogP contribution in [0.2, 0.25) is 0 Å². The van der Waals surface area contributed by atoms with Crippen molar-refractivity contribution in [2.24, 2.45) is 11.3 Å². The summed E-state index contributed by atoms with van der Waals surface area (Å²) in [6.45, 7) is 8.28. The minimum atomic E-state index is -0.245. The number of likely N-dealkylation sites (tertiary alicyclic amines) is 1. The van der Waals surface area contributed by atoms with E-state index in [-0.39, 0.29) is 41.9 Å². The van der Waals surface area contributed by atoms with E-state index in [4.69, 9.17) is 0 Å². The van der Waals surface area contributed by atoms with Crippen LogP contribution < -0.4 is 0 Å². The van der Waals surface area contributed by atoms with Crippen LogP contribution >= 0.6 is 0 Å². The molecular weight excluding hydrogens is 254 g/mol. The highest BCUT2D eigenvalue weighted by Gasteiger charge is 2.44. The molecule has 0 aromatic carbocycles.